The Morgan fingerprint density at radius 1 is 1.35 bits per heavy atom. The summed E-state index contributed by atoms with van der Waals surface area (Å²) in [5.74, 6) is 0.0786. The predicted octanol–water partition coefficient (Wildman–Crippen LogP) is 0.830. The average molecular weight is 294 g/mol. The number of carbonyl (C=O) groups is 2. The van der Waals surface area contributed by atoms with Crippen LogP contribution in [-0.4, -0.2) is 52.5 Å². The number of nitrogens with two attached hydrogens (primary N) is 1. The molecule has 0 aliphatic carbocycles. The van der Waals surface area contributed by atoms with Gasteiger partial charge in [-0.2, -0.15) is 11.8 Å². The summed E-state index contributed by atoms with van der Waals surface area (Å²) in [6.07, 6.45) is 0.770. The zero-order valence-electron chi connectivity index (χ0n) is 11.1. The van der Waals surface area contributed by atoms with E-state index in [4.69, 9.17) is 5.73 Å². The van der Waals surface area contributed by atoms with Crippen LogP contribution in [0.1, 0.15) is 15.9 Å². The first-order valence-corrected chi connectivity index (χ1v) is 7.69. The molecule has 1 aliphatic heterocycles. The molecule has 1 heterocycles. The van der Waals surface area contributed by atoms with Crippen molar-refractivity contribution in [3.63, 3.8) is 0 Å². The minimum Gasteiger partial charge on any atom is -0.480 e. The molecular weight excluding hydrogens is 276 g/mol. The number of benzene rings is 1. The van der Waals surface area contributed by atoms with Crippen molar-refractivity contribution in [2.24, 2.45) is 5.73 Å². The highest BCUT2D eigenvalue weighted by Gasteiger charge is 2.32. The Hall–Kier alpha value is -1.53. The van der Waals surface area contributed by atoms with E-state index in [0.29, 0.717) is 24.4 Å². The lowest BCUT2D eigenvalue weighted by atomic mass is 10.1. The fourth-order valence-corrected chi connectivity index (χ4v) is 3.24. The highest BCUT2D eigenvalue weighted by atomic mass is 32.2. The van der Waals surface area contributed by atoms with Gasteiger partial charge in [-0.1, -0.05) is 12.1 Å². The van der Waals surface area contributed by atoms with Gasteiger partial charge in [0.15, 0.2) is 0 Å². The van der Waals surface area contributed by atoms with Gasteiger partial charge in [-0.15, -0.1) is 0 Å². The van der Waals surface area contributed by atoms with Crippen LogP contribution in [0.3, 0.4) is 0 Å². The van der Waals surface area contributed by atoms with E-state index >= 15 is 0 Å². The molecule has 0 saturated carbocycles. The van der Waals surface area contributed by atoms with Gasteiger partial charge in [-0.05, 0) is 30.7 Å². The smallest absolute Gasteiger partial charge is 0.327 e. The van der Waals surface area contributed by atoms with E-state index in [1.165, 1.54) is 4.90 Å². The monoisotopic (exact) mass is 294 g/mol. The van der Waals surface area contributed by atoms with Crippen molar-refractivity contribution >= 4 is 23.6 Å². The van der Waals surface area contributed by atoms with Gasteiger partial charge < -0.3 is 15.7 Å². The van der Waals surface area contributed by atoms with Crippen LogP contribution < -0.4 is 5.73 Å². The Kier molecular flexibility index (Phi) is 5.03. The summed E-state index contributed by atoms with van der Waals surface area (Å²) < 4.78 is 0. The molecule has 0 radical (unpaired) electrons. The summed E-state index contributed by atoms with van der Waals surface area (Å²) in [7, 11) is 0. The molecule has 20 heavy (non-hydrogen) atoms. The molecule has 1 amide bonds. The number of amides is 1. The molecule has 3 N–H and O–H groups in total. The second kappa shape index (κ2) is 6.76. The van der Waals surface area contributed by atoms with Gasteiger partial charge in [0.1, 0.15) is 6.04 Å². The summed E-state index contributed by atoms with van der Waals surface area (Å²) >= 11 is 1.57. The first-order chi connectivity index (χ1) is 9.63. The molecular formula is C14H18N2O3S. The van der Waals surface area contributed by atoms with E-state index in [-0.39, 0.29) is 5.91 Å². The second-order valence-corrected chi connectivity index (χ2v) is 5.81. The Labute approximate surface area is 122 Å². The number of rotatable bonds is 4. The normalized spacial score (nSPS) is 18.9. The standard InChI is InChI=1S/C14H18N2O3S/c15-6-5-10-1-3-11(4-2-10)13(17)16-7-8-20-9-12(16)14(18)19/h1-4,12H,5-9,15H2,(H,18,19). The second-order valence-electron chi connectivity index (χ2n) is 4.66. The zero-order chi connectivity index (χ0) is 14.5. The molecule has 108 valence electrons. The van der Waals surface area contributed by atoms with Crippen LogP contribution >= 0.6 is 11.8 Å². The minimum atomic E-state index is -0.940. The molecule has 0 aromatic heterocycles. The summed E-state index contributed by atoms with van der Waals surface area (Å²) in [5, 5.41) is 9.20. The quantitative estimate of drug-likeness (QED) is 0.859. The van der Waals surface area contributed by atoms with Crippen LogP contribution in [0.2, 0.25) is 0 Å². The van der Waals surface area contributed by atoms with E-state index in [2.05, 4.69) is 0 Å². The van der Waals surface area contributed by atoms with Crippen LogP contribution in [0, 0.1) is 0 Å². The molecule has 6 heteroatoms. The van der Waals surface area contributed by atoms with Crippen molar-refractivity contribution in [1.82, 2.24) is 4.90 Å². The summed E-state index contributed by atoms with van der Waals surface area (Å²) in [5.41, 5.74) is 7.09. The average Bonchev–Trinajstić information content (AvgIpc) is 2.47. The maximum atomic E-state index is 12.4. The highest BCUT2D eigenvalue weighted by molar-refractivity contribution is 7.99. The molecule has 1 atom stereocenters. The van der Waals surface area contributed by atoms with Gasteiger partial charge >= 0.3 is 5.97 Å². The largest absolute Gasteiger partial charge is 0.480 e. The maximum Gasteiger partial charge on any atom is 0.327 e. The fraction of sp³-hybridized carbons (Fsp3) is 0.429. The van der Waals surface area contributed by atoms with Crippen LogP contribution in [0.25, 0.3) is 0 Å². The lowest BCUT2D eigenvalue weighted by molar-refractivity contribution is -0.141. The number of carboxylic acid groups (broad SMARTS) is 1. The van der Waals surface area contributed by atoms with E-state index in [1.54, 1.807) is 23.9 Å². The predicted molar refractivity (Wildman–Crippen MR) is 79.0 cm³/mol. The van der Waals surface area contributed by atoms with Gasteiger partial charge in [-0.3, -0.25) is 4.79 Å². The Morgan fingerprint density at radius 3 is 2.65 bits per heavy atom. The Bertz CT molecular complexity index is 490. The van der Waals surface area contributed by atoms with E-state index in [0.717, 1.165) is 17.7 Å². The van der Waals surface area contributed by atoms with Gasteiger partial charge in [0, 0.05) is 23.6 Å². The molecule has 1 aromatic rings. The van der Waals surface area contributed by atoms with Crippen molar-refractivity contribution in [3.05, 3.63) is 35.4 Å². The molecule has 1 aromatic carbocycles. The van der Waals surface area contributed by atoms with E-state index < -0.39 is 12.0 Å². The van der Waals surface area contributed by atoms with Crippen LogP contribution in [0.4, 0.5) is 0 Å². The first-order valence-electron chi connectivity index (χ1n) is 6.54. The molecule has 0 spiro atoms. The number of carboxylic acids is 1. The molecule has 1 fully saturated rings. The van der Waals surface area contributed by atoms with E-state index in [9.17, 15) is 14.7 Å². The van der Waals surface area contributed by atoms with Crippen LogP contribution in [-0.2, 0) is 11.2 Å². The lowest BCUT2D eigenvalue weighted by Crippen LogP contribution is -2.50. The SMILES string of the molecule is NCCc1ccc(C(=O)N2CCSCC2C(=O)O)cc1. The molecule has 1 aliphatic rings. The number of hydrogen-bond donors (Lipinski definition) is 2. The van der Waals surface area contributed by atoms with Crippen molar-refractivity contribution < 1.29 is 14.7 Å². The van der Waals surface area contributed by atoms with Gasteiger partial charge in [-0.25, -0.2) is 4.79 Å². The molecule has 1 unspecified atom stereocenters. The number of aliphatic carboxylic acids is 1. The highest BCUT2D eigenvalue weighted by Crippen LogP contribution is 2.19. The summed E-state index contributed by atoms with van der Waals surface area (Å²) in [6, 6.07) is 6.50. The zero-order valence-corrected chi connectivity index (χ0v) is 11.9. The topological polar surface area (TPSA) is 83.6 Å². The van der Waals surface area contributed by atoms with Crippen molar-refractivity contribution in [2.75, 3.05) is 24.6 Å². The van der Waals surface area contributed by atoms with E-state index in [1.807, 2.05) is 12.1 Å². The lowest BCUT2D eigenvalue weighted by Gasteiger charge is -2.32. The van der Waals surface area contributed by atoms with Crippen LogP contribution in [0.15, 0.2) is 24.3 Å². The van der Waals surface area contributed by atoms with Crippen LogP contribution in [0.5, 0.6) is 0 Å². The number of thioether (sulfide) groups is 1. The molecule has 5 nitrogen and oxygen atoms in total. The number of carbonyl (C=O) groups excluding carboxylic acids is 1. The third kappa shape index (κ3) is 3.32. The van der Waals surface area contributed by atoms with Gasteiger partial charge in [0.25, 0.3) is 5.91 Å². The van der Waals surface area contributed by atoms with Gasteiger partial charge in [0.05, 0.1) is 0 Å². The van der Waals surface area contributed by atoms with Crippen molar-refractivity contribution in [2.45, 2.75) is 12.5 Å². The third-order valence-electron chi connectivity index (χ3n) is 3.31. The molecule has 2 rings (SSSR count). The summed E-state index contributed by atoms with van der Waals surface area (Å²) in [6.45, 7) is 1.04. The fourth-order valence-electron chi connectivity index (χ4n) is 2.20. The Morgan fingerprint density at radius 2 is 2.05 bits per heavy atom. The third-order valence-corrected chi connectivity index (χ3v) is 4.33. The molecule has 0 bridgehead atoms. The summed E-state index contributed by atoms with van der Waals surface area (Å²) in [4.78, 5) is 25.1. The van der Waals surface area contributed by atoms with Gasteiger partial charge in [0.2, 0.25) is 0 Å². The van der Waals surface area contributed by atoms with Crippen molar-refractivity contribution in [1.29, 1.82) is 0 Å². The maximum absolute atomic E-state index is 12.4. The number of hydrogen-bond acceptors (Lipinski definition) is 4. The number of nitrogens with zero attached hydrogens (tertiary/aromatic N) is 1. The van der Waals surface area contributed by atoms with Crippen molar-refractivity contribution in [3.8, 4) is 0 Å². The minimum absolute atomic E-state index is 0.211. The Balaban J connectivity index is 2.14. The first kappa shape index (κ1) is 14.9. The molecule has 1 saturated heterocycles.